The first-order valence-corrected chi connectivity index (χ1v) is 13.1. The second-order valence-corrected chi connectivity index (χ2v) is 10.3. The van der Waals surface area contributed by atoms with Crippen molar-refractivity contribution in [3.05, 3.63) is 34.0 Å². The number of thiophene rings is 1. The third-order valence-electron chi connectivity index (χ3n) is 6.92. The van der Waals surface area contributed by atoms with Gasteiger partial charge in [-0.1, -0.05) is 25.3 Å². The smallest absolute Gasteiger partial charge is 0.475 e. The van der Waals surface area contributed by atoms with Crippen molar-refractivity contribution in [1.82, 2.24) is 29.9 Å². The van der Waals surface area contributed by atoms with Crippen molar-refractivity contribution in [2.24, 2.45) is 5.92 Å². The molecule has 0 bridgehead atoms. The van der Waals surface area contributed by atoms with Crippen LogP contribution in [-0.2, 0) is 11.3 Å². The Bertz CT molecular complexity index is 1100. The van der Waals surface area contributed by atoms with Crippen molar-refractivity contribution < 1.29 is 32.7 Å². The molecule has 2 fully saturated rings. The van der Waals surface area contributed by atoms with Gasteiger partial charge in [-0.25, -0.2) is 4.79 Å². The number of rotatable bonds is 4. The molecule has 2 amide bonds. The number of carboxylic acids is 1. The van der Waals surface area contributed by atoms with Crippen molar-refractivity contribution in [3.63, 3.8) is 0 Å². The highest BCUT2D eigenvalue weighted by molar-refractivity contribution is 7.12. The summed E-state index contributed by atoms with van der Waals surface area (Å²) in [6, 6.07) is 3.77. The van der Waals surface area contributed by atoms with Crippen LogP contribution in [0.3, 0.4) is 0 Å². The van der Waals surface area contributed by atoms with Crippen molar-refractivity contribution in [2.75, 3.05) is 32.7 Å². The molecule has 14 heteroatoms. The fourth-order valence-corrected chi connectivity index (χ4v) is 5.65. The predicted octanol–water partition coefficient (Wildman–Crippen LogP) is 2.80. The van der Waals surface area contributed by atoms with Crippen LogP contribution in [0, 0.1) is 5.92 Å². The number of carbonyl (C=O) groups is 3. The lowest BCUT2D eigenvalue weighted by Gasteiger charge is -2.43. The number of nitrogens with zero attached hydrogens (tertiary/aromatic N) is 5. The minimum Gasteiger partial charge on any atom is -0.475 e. The highest BCUT2D eigenvalue weighted by Gasteiger charge is 2.39. The van der Waals surface area contributed by atoms with E-state index in [2.05, 4.69) is 20.4 Å². The van der Waals surface area contributed by atoms with Crippen LogP contribution < -0.4 is 5.32 Å². The Hall–Kier alpha value is -3.00. The van der Waals surface area contributed by atoms with Crippen LogP contribution in [-0.4, -0.2) is 86.4 Å². The van der Waals surface area contributed by atoms with Gasteiger partial charge in [0.1, 0.15) is 0 Å². The summed E-state index contributed by atoms with van der Waals surface area (Å²) in [6.45, 7) is 4.40. The SMILES string of the molecule is O=C(NCC1CCCCC1)c1nnc2n1CCN1CCN(C(=O)c3cccs3)CC21.O=C(O)C(F)(F)F. The summed E-state index contributed by atoms with van der Waals surface area (Å²) in [6.07, 6.45) is 1.15. The first kappa shape index (κ1) is 27.0. The molecule has 5 rings (SSSR count). The molecule has 202 valence electrons. The molecule has 0 spiro atoms. The first-order chi connectivity index (χ1) is 17.6. The van der Waals surface area contributed by atoms with E-state index < -0.39 is 12.1 Å². The number of carbonyl (C=O) groups excluding carboxylic acids is 2. The molecular formula is C23H29F3N6O4S. The summed E-state index contributed by atoms with van der Waals surface area (Å²) in [5.41, 5.74) is 0. The van der Waals surface area contributed by atoms with Gasteiger partial charge in [-0.3, -0.25) is 14.5 Å². The van der Waals surface area contributed by atoms with Gasteiger partial charge in [-0.05, 0) is 30.2 Å². The first-order valence-electron chi connectivity index (χ1n) is 12.2. The monoisotopic (exact) mass is 542 g/mol. The third kappa shape index (κ3) is 6.47. The molecule has 0 radical (unpaired) electrons. The highest BCUT2D eigenvalue weighted by atomic mass is 32.1. The van der Waals surface area contributed by atoms with E-state index in [1.807, 2.05) is 27.0 Å². The molecule has 10 nitrogen and oxygen atoms in total. The van der Waals surface area contributed by atoms with Gasteiger partial charge >= 0.3 is 12.1 Å². The largest absolute Gasteiger partial charge is 0.490 e. The van der Waals surface area contributed by atoms with Crippen LogP contribution in [0.5, 0.6) is 0 Å². The number of carboxylic acid groups (broad SMARTS) is 1. The van der Waals surface area contributed by atoms with Crippen LogP contribution in [0.1, 0.15) is 64.3 Å². The fourth-order valence-electron chi connectivity index (χ4n) is 4.96. The summed E-state index contributed by atoms with van der Waals surface area (Å²) in [7, 11) is 0. The van der Waals surface area contributed by atoms with Crippen LogP contribution in [0.2, 0.25) is 0 Å². The molecular weight excluding hydrogens is 513 g/mol. The lowest BCUT2D eigenvalue weighted by atomic mass is 9.89. The molecule has 4 heterocycles. The molecule has 1 saturated heterocycles. The topological polar surface area (TPSA) is 121 Å². The van der Waals surface area contributed by atoms with Gasteiger partial charge in [0.15, 0.2) is 5.82 Å². The molecule has 1 atom stereocenters. The van der Waals surface area contributed by atoms with E-state index in [1.54, 1.807) is 0 Å². The van der Waals surface area contributed by atoms with Crippen LogP contribution in [0.15, 0.2) is 17.5 Å². The molecule has 37 heavy (non-hydrogen) atoms. The van der Waals surface area contributed by atoms with Crippen molar-refractivity contribution in [3.8, 4) is 0 Å². The molecule has 0 aromatic carbocycles. The molecule has 1 saturated carbocycles. The maximum atomic E-state index is 12.8. The van der Waals surface area contributed by atoms with E-state index in [0.717, 1.165) is 36.9 Å². The van der Waals surface area contributed by atoms with Gasteiger partial charge in [-0.15, -0.1) is 21.5 Å². The Morgan fingerprint density at radius 3 is 2.43 bits per heavy atom. The molecule has 3 aliphatic rings. The minimum atomic E-state index is -5.08. The summed E-state index contributed by atoms with van der Waals surface area (Å²) < 4.78 is 33.7. The van der Waals surface area contributed by atoms with Crippen molar-refractivity contribution in [1.29, 1.82) is 0 Å². The molecule has 2 aromatic rings. The summed E-state index contributed by atoms with van der Waals surface area (Å²) in [4.78, 5) is 39.5. The van der Waals surface area contributed by atoms with E-state index in [1.165, 1.54) is 43.4 Å². The molecule has 1 aliphatic carbocycles. The zero-order valence-electron chi connectivity index (χ0n) is 20.1. The molecule has 1 unspecified atom stereocenters. The maximum absolute atomic E-state index is 12.8. The number of alkyl halides is 3. The molecule has 2 aliphatic heterocycles. The number of fused-ring (bicyclic) bond motifs is 3. The van der Waals surface area contributed by atoms with Crippen LogP contribution >= 0.6 is 11.3 Å². The van der Waals surface area contributed by atoms with Crippen molar-refractivity contribution >= 4 is 29.1 Å². The normalized spacial score (nSPS) is 20.3. The van der Waals surface area contributed by atoms with Gasteiger partial charge < -0.3 is 19.9 Å². The highest BCUT2D eigenvalue weighted by Crippen LogP contribution is 2.30. The van der Waals surface area contributed by atoms with E-state index in [-0.39, 0.29) is 17.9 Å². The van der Waals surface area contributed by atoms with Gasteiger partial charge in [0.05, 0.1) is 10.9 Å². The molecule has 2 aromatic heterocycles. The van der Waals surface area contributed by atoms with E-state index in [0.29, 0.717) is 24.8 Å². The van der Waals surface area contributed by atoms with Crippen LogP contribution in [0.25, 0.3) is 0 Å². The maximum Gasteiger partial charge on any atom is 0.490 e. The minimum absolute atomic E-state index is 0.0104. The lowest BCUT2D eigenvalue weighted by Crippen LogP contribution is -2.53. The molecule has 2 N–H and O–H groups in total. The number of hydrogen-bond donors (Lipinski definition) is 2. The zero-order chi connectivity index (χ0) is 26.6. The number of halogens is 3. The lowest BCUT2D eigenvalue weighted by molar-refractivity contribution is -0.192. The number of nitrogens with one attached hydrogen (secondary N) is 1. The van der Waals surface area contributed by atoms with Gasteiger partial charge in [0.2, 0.25) is 5.82 Å². The van der Waals surface area contributed by atoms with E-state index in [9.17, 15) is 22.8 Å². The number of hydrogen-bond acceptors (Lipinski definition) is 7. The van der Waals surface area contributed by atoms with Crippen LogP contribution in [0.4, 0.5) is 13.2 Å². The van der Waals surface area contributed by atoms with Crippen molar-refractivity contribution in [2.45, 2.75) is 50.9 Å². The Labute approximate surface area is 215 Å². The van der Waals surface area contributed by atoms with Gasteiger partial charge in [-0.2, -0.15) is 13.2 Å². The summed E-state index contributed by atoms with van der Waals surface area (Å²) in [5.74, 6) is -1.03. The van der Waals surface area contributed by atoms with Gasteiger partial charge in [0, 0.05) is 39.3 Å². The standard InChI is InChI=1S/C21H28N6O2S.C2HF3O2/c28-20(22-13-15-5-2-1-3-6-15)19-24-23-18-16-14-26(21(29)17-7-4-12-30-17)9-8-25(16)10-11-27(18)19;3-2(4,5)1(6)7/h4,7,12,15-16H,1-3,5-6,8-11,13-14H2,(H,22,28);(H,6,7). The second-order valence-electron chi connectivity index (χ2n) is 9.33. The Morgan fingerprint density at radius 2 is 1.78 bits per heavy atom. The number of amides is 2. The average Bonchev–Trinajstić information content (AvgIpc) is 3.57. The predicted molar refractivity (Wildman–Crippen MR) is 127 cm³/mol. The summed E-state index contributed by atoms with van der Waals surface area (Å²) >= 11 is 1.47. The number of aromatic nitrogens is 3. The average molecular weight is 543 g/mol. The Balaban J connectivity index is 0.000000405. The Kier molecular flexibility index (Phi) is 8.47. The van der Waals surface area contributed by atoms with E-state index in [4.69, 9.17) is 9.90 Å². The Morgan fingerprint density at radius 1 is 1.08 bits per heavy atom. The van der Waals surface area contributed by atoms with Gasteiger partial charge in [0.25, 0.3) is 11.8 Å². The fraction of sp³-hybridized carbons (Fsp3) is 0.609. The third-order valence-corrected chi connectivity index (χ3v) is 7.78. The summed E-state index contributed by atoms with van der Waals surface area (Å²) in [5, 5.41) is 20.8. The quantitative estimate of drug-likeness (QED) is 0.610. The van der Waals surface area contributed by atoms with E-state index >= 15 is 0 Å². The second kappa shape index (κ2) is 11.6. The zero-order valence-corrected chi connectivity index (χ0v) is 20.9. The number of piperazine rings is 1. The number of aliphatic carboxylic acids is 1.